The molecule has 5 nitrogen and oxygen atoms in total. The van der Waals surface area contributed by atoms with E-state index in [0.717, 1.165) is 12.1 Å². The predicted octanol–water partition coefficient (Wildman–Crippen LogP) is 5.71. The number of ether oxygens (including phenoxy) is 2. The number of hydrogen-bond donors (Lipinski definition) is 0. The number of rotatable bonds is 6. The van der Waals surface area contributed by atoms with E-state index < -0.39 is 11.7 Å². The fraction of sp³-hybridized carbons (Fsp3) is 0.167. The van der Waals surface area contributed by atoms with Gasteiger partial charge in [-0.05, 0) is 35.9 Å². The van der Waals surface area contributed by atoms with Crippen LogP contribution in [0.5, 0.6) is 11.5 Å². The van der Waals surface area contributed by atoms with Crippen LogP contribution in [0.2, 0.25) is 0 Å². The lowest BCUT2D eigenvalue weighted by atomic mass is 10.1. The summed E-state index contributed by atoms with van der Waals surface area (Å²) in [7, 11) is 3.00. The minimum atomic E-state index is -4.43. The van der Waals surface area contributed by atoms with Crippen LogP contribution in [0.1, 0.15) is 11.1 Å². The quantitative estimate of drug-likeness (QED) is 0.266. The first-order valence-electron chi connectivity index (χ1n) is 9.85. The molecule has 4 rings (SSSR count). The summed E-state index contributed by atoms with van der Waals surface area (Å²) in [6.45, 7) is 0. The van der Waals surface area contributed by atoms with Crippen molar-refractivity contribution in [2.45, 2.75) is 17.1 Å². The second-order valence-corrected chi connectivity index (χ2v) is 8.02. The number of para-hydroxylation sites is 1. The molecule has 0 N–H and O–H groups in total. The Labute approximate surface area is 191 Å². The Balaban J connectivity index is 1.81. The first-order valence-corrected chi connectivity index (χ1v) is 10.8. The lowest BCUT2D eigenvalue weighted by Gasteiger charge is -2.15. The van der Waals surface area contributed by atoms with Gasteiger partial charge in [0.25, 0.3) is 5.56 Å². The largest absolute Gasteiger partial charge is 0.493 e. The molecule has 0 fully saturated rings. The summed E-state index contributed by atoms with van der Waals surface area (Å²) in [6.07, 6.45) is -4.43. The highest BCUT2D eigenvalue weighted by atomic mass is 32.2. The normalized spacial score (nSPS) is 11.5. The van der Waals surface area contributed by atoms with E-state index in [9.17, 15) is 18.0 Å². The molecule has 0 radical (unpaired) electrons. The van der Waals surface area contributed by atoms with Gasteiger partial charge in [0.05, 0.1) is 36.4 Å². The van der Waals surface area contributed by atoms with Crippen molar-refractivity contribution in [1.29, 1.82) is 0 Å². The summed E-state index contributed by atoms with van der Waals surface area (Å²) in [6, 6.07) is 17.1. The van der Waals surface area contributed by atoms with Gasteiger partial charge in [-0.25, -0.2) is 4.98 Å². The SMILES string of the molecule is COc1ccc(-n2c(SCc3cccc(C(F)(F)F)c3)nc3ccccc3c2=O)cc1OC. The number of thioether (sulfide) groups is 1. The van der Waals surface area contributed by atoms with Crippen LogP contribution in [0, 0.1) is 0 Å². The molecule has 1 aromatic heterocycles. The van der Waals surface area contributed by atoms with Gasteiger partial charge >= 0.3 is 6.18 Å². The van der Waals surface area contributed by atoms with Crippen molar-refractivity contribution in [3.63, 3.8) is 0 Å². The lowest BCUT2D eigenvalue weighted by molar-refractivity contribution is -0.137. The molecule has 0 aliphatic carbocycles. The molecule has 0 unspecified atom stereocenters. The summed E-state index contributed by atoms with van der Waals surface area (Å²) in [5.74, 6) is 1.13. The monoisotopic (exact) mass is 472 g/mol. The van der Waals surface area contributed by atoms with E-state index >= 15 is 0 Å². The smallest absolute Gasteiger partial charge is 0.416 e. The molecule has 0 bridgehead atoms. The van der Waals surface area contributed by atoms with Crippen LogP contribution in [0.25, 0.3) is 16.6 Å². The van der Waals surface area contributed by atoms with Crippen LogP contribution < -0.4 is 15.0 Å². The number of alkyl halides is 3. The Kier molecular flexibility index (Phi) is 6.33. The highest BCUT2D eigenvalue weighted by Gasteiger charge is 2.30. The van der Waals surface area contributed by atoms with Crippen LogP contribution in [-0.4, -0.2) is 23.8 Å². The number of halogens is 3. The van der Waals surface area contributed by atoms with Gasteiger partial charge in [-0.15, -0.1) is 0 Å². The molecule has 0 amide bonds. The molecule has 0 atom stereocenters. The molecule has 3 aromatic carbocycles. The first-order chi connectivity index (χ1) is 15.8. The van der Waals surface area contributed by atoms with Gasteiger partial charge in [-0.1, -0.05) is 42.1 Å². The van der Waals surface area contributed by atoms with E-state index in [1.165, 1.54) is 36.6 Å². The van der Waals surface area contributed by atoms with E-state index in [4.69, 9.17) is 9.47 Å². The molecule has 0 aliphatic rings. The van der Waals surface area contributed by atoms with Crippen molar-refractivity contribution in [2.24, 2.45) is 0 Å². The second kappa shape index (κ2) is 9.19. The summed E-state index contributed by atoms with van der Waals surface area (Å²) >= 11 is 1.18. The molecule has 9 heteroatoms. The van der Waals surface area contributed by atoms with Crippen molar-refractivity contribution in [2.75, 3.05) is 14.2 Å². The van der Waals surface area contributed by atoms with E-state index in [-0.39, 0.29) is 11.3 Å². The van der Waals surface area contributed by atoms with E-state index in [2.05, 4.69) is 4.98 Å². The fourth-order valence-electron chi connectivity index (χ4n) is 3.39. The molecular formula is C24H19F3N2O3S. The van der Waals surface area contributed by atoms with Crippen LogP contribution >= 0.6 is 11.8 Å². The lowest BCUT2D eigenvalue weighted by Crippen LogP contribution is -2.21. The van der Waals surface area contributed by atoms with Crippen LogP contribution in [0.3, 0.4) is 0 Å². The molecule has 0 spiro atoms. The zero-order valence-corrected chi connectivity index (χ0v) is 18.5. The Bertz CT molecular complexity index is 1370. The van der Waals surface area contributed by atoms with Crippen molar-refractivity contribution in [3.8, 4) is 17.2 Å². The molecule has 170 valence electrons. The summed E-state index contributed by atoms with van der Waals surface area (Å²) < 4.78 is 51.3. The zero-order valence-electron chi connectivity index (χ0n) is 17.7. The zero-order chi connectivity index (χ0) is 23.6. The van der Waals surface area contributed by atoms with Crippen molar-refractivity contribution in [1.82, 2.24) is 9.55 Å². The summed E-state index contributed by atoms with van der Waals surface area (Å²) in [5, 5.41) is 0.777. The number of nitrogens with zero attached hydrogens (tertiary/aromatic N) is 2. The highest BCUT2D eigenvalue weighted by Crippen LogP contribution is 2.33. The van der Waals surface area contributed by atoms with Crippen molar-refractivity contribution in [3.05, 3.63) is 88.2 Å². The maximum Gasteiger partial charge on any atom is 0.416 e. The number of hydrogen-bond acceptors (Lipinski definition) is 5. The Morgan fingerprint density at radius 3 is 2.42 bits per heavy atom. The topological polar surface area (TPSA) is 53.4 Å². The van der Waals surface area contributed by atoms with Crippen LogP contribution in [-0.2, 0) is 11.9 Å². The van der Waals surface area contributed by atoms with Gasteiger partial charge in [0.2, 0.25) is 0 Å². The molecule has 0 saturated carbocycles. The Morgan fingerprint density at radius 2 is 1.70 bits per heavy atom. The Morgan fingerprint density at radius 1 is 0.939 bits per heavy atom. The average molecular weight is 472 g/mol. The Hall–Kier alpha value is -3.46. The minimum absolute atomic E-state index is 0.196. The molecular weight excluding hydrogens is 453 g/mol. The molecule has 1 heterocycles. The average Bonchev–Trinajstić information content (AvgIpc) is 2.82. The molecule has 0 aliphatic heterocycles. The van der Waals surface area contributed by atoms with Gasteiger partial charge in [0.1, 0.15) is 0 Å². The second-order valence-electron chi connectivity index (χ2n) is 7.08. The van der Waals surface area contributed by atoms with Gasteiger partial charge in [-0.3, -0.25) is 9.36 Å². The van der Waals surface area contributed by atoms with Crippen LogP contribution in [0.15, 0.2) is 76.7 Å². The number of benzene rings is 3. The van der Waals surface area contributed by atoms with Crippen LogP contribution in [0.4, 0.5) is 13.2 Å². The number of methoxy groups -OCH3 is 2. The van der Waals surface area contributed by atoms with Gasteiger partial charge in [0, 0.05) is 11.8 Å². The van der Waals surface area contributed by atoms with Crippen molar-refractivity contribution < 1.29 is 22.6 Å². The van der Waals surface area contributed by atoms with Gasteiger partial charge in [0.15, 0.2) is 16.7 Å². The third-order valence-corrected chi connectivity index (χ3v) is 6.00. The summed E-state index contributed by atoms with van der Waals surface area (Å²) in [5.41, 5.74) is 0.466. The standard InChI is InChI=1S/C24H19F3N2O3S/c1-31-20-11-10-17(13-21(20)32-2)29-22(30)18-8-3-4-9-19(18)28-23(29)33-14-15-6-5-7-16(12-15)24(25,26)27/h3-13H,14H2,1-2H3. The molecule has 0 saturated heterocycles. The summed E-state index contributed by atoms with van der Waals surface area (Å²) in [4.78, 5) is 18.0. The maximum atomic E-state index is 13.4. The van der Waals surface area contributed by atoms with E-state index in [1.807, 2.05) is 0 Å². The third-order valence-electron chi connectivity index (χ3n) is 4.99. The highest BCUT2D eigenvalue weighted by molar-refractivity contribution is 7.98. The molecule has 33 heavy (non-hydrogen) atoms. The van der Waals surface area contributed by atoms with Crippen molar-refractivity contribution >= 4 is 22.7 Å². The third kappa shape index (κ3) is 4.68. The van der Waals surface area contributed by atoms with E-state index in [1.54, 1.807) is 48.5 Å². The molecule has 4 aromatic rings. The number of fused-ring (bicyclic) bond motifs is 1. The first kappa shape index (κ1) is 22.7. The maximum absolute atomic E-state index is 13.4. The fourth-order valence-corrected chi connectivity index (χ4v) is 4.34. The van der Waals surface area contributed by atoms with Gasteiger partial charge < -0.3 is 9.47 Å². The number of aromatic nitrogens is 2. The minimum Gasteiger partial charge on any atom is -0.493 e. The van der Waals surface area contributed by atoms with Gasteiger partial charge in [-0.2, -0.15) is 13.2 Å². The predicted molar refractivity (Wildman–Crippen MR) is 121 cm³/mol. The van der Waals surface area contributed by atoms with E-state index in [0.29, 0.717) is 38.8 Å².